The second-order valence-corrected chi connectivity index (χ2v) is 3.98. The second-order valence-electron chi connectivity index (χ2n) is 3.98. The molecule has 4 nitrogen and oxygen atoms in total. The van der Waals surface area contributed by atoms with E-state index in [1.807, 2.05) is 0 Å². The summed E-state index contributed by atoms with van der Waals surface area (Å²) in [6.07, 6.45) is -5.01. The Balaban J connectivity index is 2.88. The van der Waals surface area contributed by atoms with Crippen molar-refractivity contribution in [2.75, 3.05) is 5.32 Å². The number of hydrogen-bond acceptors (Lipinski definition) is 2. The number of aliphatic carboxylic acids is 1. The lowest BCUT2D eigenvalue weighted by Gasteiger charge is -2.16. The number of carboxylic acid groups (broad SMARTS) is 1. The maximum absolute atomic E-state index is 12.4. The number of nitrogens with one attached hydrogen (secondary N) is 1. The lowest BCUT2D eigenvalue weighted by Crippen LogP contribution is -2.32. The molecule has 0 aliphatic rings. The average Bonchev–Trinajstić information content (AvgIpc) is 2.28. The Morgan fingerprint density at radius 3 is 2.42 bits per heavy atom. The smallest absolute Gasteiger partial charge is 0.400 e. The first kappa shape index (κ1) is 15.0. The second kappa shape index (κ2) is 5.73. The van der Waals surface area contributed by atoms with Crippen LogP contribution in [0.25, 0.3) is 0 Å². The molecule has 1 amide bonds. The van der Waals surface area contributed by atoms with Gasteiger partial charge in [0.1, 0.15) is 5.92 Å². The third kappa shape index (κ3) is 4.27. The van der Waals surface area contributed by atoms with E-state index in [1.54, 1.807) is 6.07 Å². The SMILES string of the molecule is CC(C(=O)Nc1ccccc1CC(=O)O)C(F)(F)F. The molecule has 1 unspecified atom stereocenters. The number of carboxylic acids is 1. The summed E-state index contributed by atoms with van der Waals surface area (Å²) in [4.78, 5) is 22.0. The number of alkyl halides is 3. The zero-order chi connectivity index (χ0) is 14.6. The molecular weight excluding hydrogens is 263 g/mol. The molecule has 0 radical (unpaired) electrons. The monoisotopic (exact) mass is 275 g/mol. The van der Waals surface area contributed by atoms with Gasteiger partial charge in [0.2, 0.25) is 5.91 Å². The number of amides is 1. The highest BCUT2D eigenvalue weighted by molar-refractivity contribution is 5.94. The molecule has 0 aliphatic carbocycles. The number of carbonyl (C=O) groups is 2. The minimum Gasteiger partial charge on any atom is -0.481 e. The van der Waals surface area contributed by atoms with Crippen molar-refractivity contribution in [3.8, 4) is 0 Å². The summed E-state index contributed by atoms with van der Waals surface area (Å²) in [6, 6.07) is 5.83. The van der Waals surface area contributed by atoms with Crippen molar-refractivity contribution >= 4 is 17.6 Å². The van der Waals surface area contributed by atoms with Crippen LogP contribution in [0.1, 0.15) is 12.5 Å². The molecule has 0 fully saturated rings. The molecule has 7 heteroatoms. The van der Waals surface area contributed by atoms with Crippen LogP contribution in [0.3, 0.4) is 0 Å². The number of rotatable bonds is 4. The first-order valence-corrected chi connectivity index (χ1v) is 5.39. The summed E-state index contributed by atoms with van der Waals surface area (Å²) in [6.45, 7) is 0.745. The Morgan fingerprint density at radius 1 is 1.32 bits per heavy atom. The topological polar surface area (TPSA) is 66.4 Å². The fourth-order valence-electron chi connectivity index (χ4n) is 1.35. The molecular formula is C12H12F3NO3. The van der Waals surface area contributed by atoms with E-state index in [0.29, 0.717) is 0 Å². The molecule has 2 N–H and O–H groups in total. The number of halogens is 3. The Labute approximate surface area is 107 Å². The van der Waals surface area contributed by atoms with Gasteiger partial charge in [0.15, 0.2) is 0 Å². The van der Waals surface area contributed by atoms with Crippen molar-refractivity contribution in [3.05, 3.63) is 29.8 Å². The van der Waals surface area contributed by atoms with E-state index in [1.165, 1.54) is 18.2 Å². The number of hydrogen-bond donors (Lipinski definition) is 2. The van der Waals surface area contributed by atoms with Crippen molar-refractivity contribution < 1.29 is 27.9 Å². The quantitative estimate of drug-likeness (QED) is 0.887. The summed E-state index contributed by atoms with van der Waals surface area (Å²) in [7, 11) is 0. The van der Waals surface area contributed by atoms with E-state index in [-0.39, 0.29) is 17.7 Å². The van der Waals surface area contributed by atoms with Crippen LogP contribution >= 0.6 is 0 Å². The van der Waals surface area contributed by atoms with Gasteiger partial charge < -0.3 is 10.4 Å². The number of para-hydroxylation sites is 1. The van der Waals surface area contributed by atoms with Gasteiger partial charge in [-0.25, -0.2) is 0 Å². The van der Waals surface area contributed by atoms with Crippen molar-refractivity contribution in [1.29, 1.82) is 0 Å². The molecule has 1 rings (SSSR count). The molecule has 0 bridgehead atoms. The summed E-state index contributed by atoms with van der Waals surface area (Å²) < 4.78 is 37.1. The number of carbonyl (C=O) groups excluding carboxylic acids is 1. The predicted molar refractivity (Wildman–Crippen MR) is 61.6 cm³/mol. The normalized spacial score (nSPS) is 12.8. The third-order valence-electron chi connectivity index (χ3n) is 2.50. The molecule has 0 aromatic heterocycles. The molecule has 1 aromatic rings. The standard InChI is InChI=1S/C12H12F3NO3/c1-7(12(13,14)15)11(19)16-9-5-3-2-4-8(9)6-10(17)18/h2-5,7H,6H2,1H3,(H,16,19)(H,17,18). The highest BCUT2D eigenvalue weighted by atomic mass is 19.4. The van der Waals surface area contributed by atoms with Crippen LogP contribution in [-0.2, 0) is 16.0 Å². The molecule has 0 spiro atoms. The van der Waals surface area contributed by atoms with Gasteiger partial charge in [-0.1, -0.05) is 18.2 Å². The van der Waals surface area contributed by atoms with Crippen LogP contribution in [0, 0.1) is 5.92 Å². The lowest BCUT2D eigenvalue weighted by atomic mass is 10.1. The van der Waals surface area contributed by atoms with Gasteiger partial charge in [-0.2, -0.15) is 13.2 Å². The van der Waals surface area contributed by atoms with Crippen molar-refractivity contribution in [2.24, 2.45) is 5.92 Å². The number of benzene rings is 1. The molecule has 0 aliphatic heterocycles. The summed E-state index contributed by atoms with van der Waals surface area (Å²) >= 11 is 0. The summed E-state index contributed by atoms with van der Waals surface area (Å²) in [5, 5.41) is 10.8. The fraction of sp³-hybridized carbons (Fsp3) is 0.333. The highest BCUT2D eigenvalue weighted by Gasteiger charge is 2.41. The first-order chi connectivity index (χ1) is 8.71. The van der Waals surface area contributed by atoms with Crippen molar-refractivity contribution in [1.82, 2.24) is 0 Å². The lowest BCUT2D eigenvalue weighted by molar-refractivity contribution is -0.175. The van der Waals surface area contributed by atoms with Gasteiger partial charge in [-0.15, -0.1) is 0 Å². The molecule has 1 atom stereocenters. The van der Waals surface area contributed by atoms with E-state index in [0.717, 1.165) is 6.92 Å². The van der Waals surface area contributed by atoms with Gasteiger partial charge in [0, 0.05) is 5.69 Å². The van der Waals surface area contributed by atoms with Crippen LogP contribution in [-0.4, -0.2) is 23.2 Å². The molecule has 0 saturated heterocycles. The first-order valence-electron chi connectivity index (χ1n) is 5.39. The van der Waals surface area contributed by atoms with Gasteiger partial charge >= 0.3 is 12.1 Å². The number of anilines is 1. The van der Waals surface area contributed by atoms with Crippen LogP contribution < -0.4 is 5.32 Å². The highest BCUT2D eigenvalue weighted by Crippen LogP contribution is 2.27. The Hall–Kier alpha value is -2.05. The maximum Gasteiger partial charge on any atom is 0.400 e. The van der Waals surface area contributed by atoms with E-state index in [4.69, 9.17) is 5.11 Å². The molecule has 1 aromatic carbocycles. The van der Waals surface area contributed by atoms with Crippen molar-refractivity contribution in [2.45, 2.75) is 19.5 Å². The van der Waals surface area contributed by atoms with Crippen LogP contribution in [0.5, 0.6) is 0 Å². The zero-order valence-electron chi connectivity index (χ0n) is 9.99. The Bertz CT molecular complexity index is 485. The van der Waals surface area contributed by atoms with E-state index < -0.39 is 24.0 Å². The molecule has 104 valence electrons. The maximum atomic E-state index is 12.4. The van der Waals surface area contributed by atoms with Crippen LogP contribution in [0.2, 0.25) is 0 Å². The van der Waals surface area contributed by atoms with Gasteiger partial charge in [-0.05, 0) is 18.6 Å². The fourth-order valence-corrected chi connectivity index (χ4v) is 1.35. The molecule has 19 heavy (non-hydrogen) atoms. The minimum atomic E-state index is -4.63. The average molecular weight is 275 g/mol. The van der Waals surface area contributed by atoms with Crippen LogP contribution in [0.4, 0.5) is 18.9 Å². The molecule has 0 heterocycles. The van der Waals surface area contributed by atoms with E-state index in [9.17, 15) is 22.8 Å². The zero-order valence-corrected chi connectivity index (χ0v) is 9.99. The largest absolute Gasteiger partial charge is 0.481 e. The van der Waals surface area contributed by atoms with Crippen LogP contribution in [0.15, 0.2) is 24.3 Å². The van der Waals surface area contributed by atoms with E-state index in [2.05, 4.69) is 5.32 Å². The van der Waals surface area contributed by atoms with E-state index >= 15 is 0 Å². The van der Waals surface area contributed by atoms with Gasteiger partial charge in [-0.3, -0.25) is 9.59 Å². The van der Waals surface area contributed by atoms with Crippen molar-refractivity contribution in [3.63, 3.8) is 0 Å². The minimum absolute atomic E-state index is 0.0750. The molecule has 0 saturated carbocycles. The Kier molecular flexibility index (Phi) is 4.52. The Morgan fingerprint density at radius 2 is 1.89 bits per heavy atom. The van der Waals surface area contributed by atoms with Gasteiger partial charge in [0.05, 0.1) is 6.42 Å². The predicted octanol–water partition coefficient (Wildman–Crippen LogP) is 2.45. The third-order valence-corrected chi connectivity index (χ3v) is 2.50. The summed E-state index contributed by atoms with van der Waals surface area (Å²) in [5.74, 6) is -4.51. The summed E-state index contributed by atoms with van der Waals surface area (Å²) in [5.41, 5.74) is 0.323. The van der Waals surface area contributed by atoms with Gasteiger partial charge in [0.25, 0.3) is 0 Å².